The van der Waals surface area contributed by atoms with E-state index in [-0.39, 0.29) is 16.7 Å². The number of carbonyl (C=O) groups is 1. The molecule has 3 rings (SSSR count). The maximum absolute atomic E-state index is 12.7. The fourth-order valence-electron chi connectivity index (χ4n) is 2.91. The van der Waals surface area contributed by atoms with Gasteiger partial charge in [-0.1, -0.05) is 19.1 Å². The van der Waals surface area contributed by atoms with Crippen molar-refractivity contribution in [3.05, 3.63) is 60.2 Å². The second kappa shape index (κ2) is 10.2. The Morgan fingerprint density at radius 2 is 1.56 bits per heavy atom. The molecule has 168 valence electrons. The fraction of sp³-hybridized carbons (Fsp3) is 0.261. The number of nitrogens with zero attached hydrogens (tertiary/aromatic N) is 2. The molecule has 32 heavy (non-hydrogen) atoms. The van der Waals surface area contributed by atoms with Crippen molar-refractivity contribution in [2.75, 3.05) is 24.3 Å². The molecule has 2 aromatic carbocycles. The lowest BCUT2D eigenvalue weighted by Crippen LogP contribution is -2.12. The highest BCUT2D eigenvalue weighted by atomic mass is 32.2. The summed E-state index contributed by atoms with van der Waals surface area (Å²) in [7, 11) is -3.39. The summed E-state index contributed by atoms with van der Waals surface area (Å²) in [6.45, 7) is 6.26. The minimum Gasteiger partial charge on any atom is -0.490 e. The van der Waals surface area contributed by atoms with E-state index in [1.54, 1.807) is 55.5 Å². The summed E-state index contributed by atoms with van der Waals surface area (Å²) in [6, 6.07) is 15.1. The van der Waals surface area contributed by atoms with Gasteiger partial charge in [-0.25, -0.2) is 8.42 Å². The predicted octanol–water partition coefficient (Wildman–Crippen LogP) is 3.99. The summed E-state index contributed by atoms with van der Waals surface area (Å²) in [5, 5.41) is 10.6. The Morgan fingerprint density at radius 3 is 2.16 bits per heavy atom. The number of amides is 1. The van der Waals surface area contributed by atoms with E-state index >= 15 is 0 Å². The van der Waals surface area contributed by atoms with Crippen LogP contribution in [0.1, 0.15) is 31.1 Å². The van der Waals surface area contributed by atoms with Gasteiger partial charge in [0.1, 0.15) is 0 Å². The van der Waals surface area contributed by atoms with Crippen LogP contribution in [-0.4, -0.2) is 43.5 Å². The van der Waals surface area contributed by atoms with Crippen LogP contribution in [0.2, 0.25) is 0 Å². The van der Waals surface area contributed by atoms with E-state index in [9.17, 15) is 13.2 Å². The van der Waals surface area contributed by atoms with Crippen molar-refractivity contribution in [1.82, 2.24) is 10.2 Å². The molecule has 0 saturated carbocycles. The molecule has 1 N–H and O–H groups in total. The average molecular weight is 456 g/mol. The molecule has 9 heteroatoms. The number of hydrogen-bond donors (Lipinski definition) is 1. The van der Waals surface area contributed by atoms with Crippen LogP contribution in [0, 0.1) is 0 Å². The van der Waals surface area contributed by atoms with Crippen molar-refractivity contribution in [1.29, 1.82) is 0 Å². The molecule has 0 fully saturated rings. The third-order valence-electron chi connectivity index (χ3n) is 4.58. The van der Waals surface area contributed by atoms with Gasteiger partial charge in [-0.15, -0.1) is 10.2 Å². The van der Waals surface area contributed by atoms with Gasteiger partial charge >= 0.3 is 0 Å². The highest BCUT2D eigenvalue weighted by Crippen LogP contribution is 2.29. The Morgan fingerprint density at radius 1 is 0.875 bits per heavy atom. The van der Waals surface area contributed by atoms with Gasteiger partial charge in [-0.3, -0.25) is 4.79 Å². The number of rotatable bonds is 9. The predicted molar refractivity (Wildman–Crippen MR) is 122 cm³/mol. The van der Waals surface area contributed by atoms with E-state index < -0.39 is 9.84 Å². The highest BCUT2D eigenvalue weighted by Gasteiger charge is 2.15. The monoisotopic (exact) mass is 455 g/mol. The van der Waals surface area contributed by atoms with Gasteiger partial charge in [0.15, 0.2) is 26.4 Å². The molecular formula is C23H25N3O5S. The van der Waals surface area contributed by atoms with E-state index in [4.69, 9.17) is 9.47 Å². The normalized spacial score (nSPS) is 11.1. The number of aromatic nitrogens is 2. The van der Waals surface area contributed by atoms with E-state index in [0.29, 0.717) is 41.7 Å². The van der Waals surface area contributed by atoms with Crippen LogP contribution >= 0.6 is 0 Å². The van der Waals surface area contributed by atoms with Crippen LogP contribution in [0.5, 0.6) is 11.5 Å². The molecule has 0 atom stereocenters. The molecule has 0 aliphatic heterocycles. The summed E-state index contributed by atoms with van der Waals surface area (Å²) in [6.07, 6.45) is 0. The molecule has 8 nitrogen and oxygen atoms in total. The summed E-state index contributed by atoms with van der Waals surface area (Å²) >= 11 is 0. The summed E-state index contributed by atoms with van der Waals surface area (Å²) in [5.41, 5.74) is 2.32. The van der Waals surface area contributed by atoms with Crippen LogP contribution in [0.3, 0.4) is 0 Å². The molecule has 0 unspecified atom stereocenters. The second-order valence-corrected chi connectivity index (χ2v) is 8.94. The Balaban J connectivity index is 1.73. The molecule has 0 spiro atoms. The van der Waals surface area contributed by atoms with Gasteiger partial charge in [0.05, 0.1) is 24.7 Å². The van der Waals surface area contributed by atoms with Crippen molar-refractivity contribution < 1.29 is 22.7 Å². The van der Waals surface area contributed by atoms with E-state index in [1.165, 1.54) is 6.07 Å². The lowest BCUT2D eigenvalue weighted by Gasteiger charge is -2.12. The standard InChI is InChI=1S/C23H25N3O5S/c1-4-30-20-13-9-17(15-21(20)31-5-2)23(27)24-18-10-7-16(8-11-18)19-12-14-22(26-25-19)32(28,29)6-3/h7-15H,4-6H2,1-3H3,(H,24,27). The first-order chi connectivity index (χ1) is 15.4. The molecule has 1 amide bonds. The summed E-state index contributed by atoms with van der Waals surface area (Å²) in [4.78, 5) is 12.7. The average Bonchev–Trinajstić information content (AvgIpc) is 2.81. The lowest BCUT2D eigenvalue weighted by atomic mass is 10.1. The van der Waals surface area contributed by atoms with Crippen LogP contribution in [0.15, 0.2) is 59.6 Å². The van der Waals surface area contributed by atoms with Crippen LogP contribution in [-0.2, 0) is 9.84 Å². The molecule has 1 aromatic heterocycles. The van der Waals surface area contributed by atoms with Gasteiger partial charge in [0.25, 0.3) is 5.91 Å². The zero-order valence-corrected chi connectivity index (χ0v) is 19.0. The Bertz CT molecular complexity index is 1180. The van der Waals surface area contributed by atoms with Crippen LogP contribution in [0.4, 0.5) is 5.69 Å². The number of hydrogen-bond acceptors (Lipinski definition) is 7. The van der Waals surface area contributed by atoms with Crippen LogP contribution in [0.25, 0.3) is 11.3 Å². The number of ether oxygens (including phenoxy) is 2. The SMILES string of the molecule is CCOc1ccc(C(=O)Nc2ccc(-c3ccc(S(=O)(=O)CC)nn3)cc2)cc1OCC. The highest BCUT2D eigenvalue weighted by molar-refractivity contribution is 7.91. The molecule has 0 bridgehead atoms. The topological polar surface area (TPSA) is 107 Å². The Kier molecular flexibility index (Phi) is 7.42. The Labute approximate surface area is 187 Å². The zero-order chi connectivity index (χ0) is 23.1. The summed E-state index contributed by atoms with van der Waals surface area (Å²) < 4.78 is 34.8. The molecule has 0 saturated heterocycles. The van der Waals surface area contributed by atoms with Crippen molar-refractivity contribution in [2.45, 2.75) is 25.8 Å². The third-order valence-corrected chi connectivity index (χ3v) is 6.20. The molecular weight excluding hydrogens is 430 g/mol. The fourth-order valence-corrected chi connectivity index (χ4v) is 3.64. The van der Waals surface area contributed by atoms with Gasteiger partial charge in [0.2, 0.25) is 0 Å². The number of sulfone groups is 1. The first-order valence-corrected chi connectivity index (χ1v) is 11.9. The van der Waals surface area contributed by atoms with Crippen molar-refractivity contribution in [3.8, 4) is 22.8 Å². The number of benzene rings is 2. The molecule has 0 aliphatic carbocycles. The molecule has 0 radical (unpaired) electrons. The lowest BCUT2D eigenvalue weighted by molar-refractivity contribution is 0.102. The second-order valence-electron chi connectivity index (χ2n) is 6.72. The van der Waals surface area contributed by atoms with Gasteiger partial charge in [-0.2, -0.15) is 0 Å². The van der Waals surface area contributed by atoms with Crippen molar-refractivity contribution in [3.63, 3.8) is 0 Å². The smallest absolute Gasteiger partial charge is 0.255 e. The number of carbonyl (C=O) groups excluding carboxylic acids is 1. The van der Waals surface area contributed by atoms with E-state index in [2.05, 4.69) is 15.5 Å². The minimum atomic E-state index is -3.39. The molecule has 1 heterocycles. The maximum Gasteiger partial charge on any atom is 0.255 e. The zero-order valence-electron chi connectivity index (χ0n) is 18.2. The molecule has 0 aliphatic rings. The van der Waals surface area contributed by atoms with Gasteiger partial charge in [0, 0.05) is 16.8 Å². The van der Waals surface area contributed by atoms with E-state index in [1.807, 2.05) is 13.8 Å². The van der Waals surface area contributed by atoms with Crippen LogP contribution < -0.4 is 14.8 Å². The first-order valence-electron chi connectivity index (χ1n) is 10.3. The minimum absolute atomic E-state index is 0.0319. The first kappa shape index (κ1) is 23.2. The van der Waals surface area contributed by atoms with Crippen molar-refractivity contribution in [2.24, 2.45) is 0 Å². The summed E-state index contributed by atoms with van der Waals surface area (Å²) in [5.74, 6) is 0.796. The largest absolute Gasteiger partial charge is 0.490 e. The maximum atomic E-state index is 12.7. The van der Waals surface area contributed by atoms with Gasteiger partial charge in [-0.05, 0) is 56.3 Å². The third kappa shape index (κ3) is 5.42. The molecule has 3 aromatic rings. The quantitative estimate of drug-likeness (QED) is 0.520. The Hall–Kier alpha value is -3.46. The number of nitrogens with one attached hydrogen (secondary N) is 1. The number of anilines is 1. The van der Waals surface area contributed by atoms with E-state index in [0.717, 1.165) is 5.56 Å². The van der Waals surface area contributed by atoms with Gasteiger partial charge < -0.3 is 14.8 Å². The van der Waals surface area contributed by atoms with Crippen molar-refractivity contribution >= 4 is 21.4 Å².